The molecule has 0 aromatic heterocycles. The van der Waals surface area contributed by atoms with Crippen molar-refractivity contribution in [2.75, 3.05) is 12.0 Å². The molecule has 2 N–H and O–H groups in total. The van der Waals surface area contributed by atoms with Crippen LogP contribution in [0.3, 0.4) is 0 Å². The van der Waals surface area contributed by atoms with Gasteiger partial charge in [0.1, 0.15) is 29.4 Å². The molecule has 0 spiro atoms. The van der Waals surface area contributed by atoms with E-state index in [1.54, 1.807) is 18.2 Å². The molecule has 0 saturated carbocycles. The number of rotatable bonds is 6. The lowest BCUT2D eigenvalue weighted by atomic mass is 10.1. The van der Waals surface area contributed by atoms with Crippen LogP contribution >= 0.6 is 0 Å². The number of carbonyl (C=O) groups excluding carboxylic acids is 3. The first-order valence-electron chi connectivity index (χ1n) is 10.4. The van der Waals surface area contributed by atoms with Crippen molar-refractivity contribution in [1.82, 2.24) is 5.32 Å². The molecule has 1 fully saturated rings. The fourth-order valence-corrected chi connectivity index (χ4v) is 3.38. The Morgan fingerprint density at radius 3 is 2.35 bits per heavy atom. The maximum absolute atomic E-state index is 13.1. The number of nitrogens with zero attached hydrogens (tertiary/aromatic N) is 1. The van der Waals surface area contributed by atoms with Crippen LogP contribution in [0, 0.1) is 6.92 Å². The molecule has 8 nitrogen and oxygen atoms in total. The third kappa shape index (κ3) is 4.75. The van der Waals surface area contributed by atoms with Gasteiger partial charge in [-0.05, 0) is 55.0 Å². The molecule has 34 heavy (non-hydrogen) atoms. The summed E-state index contributed by atoms with van der Waals surface area (Å²) in [4.78, 5) is 38.9. The minimum absolute atomic E-state index is 0.0194. The zero-order chi connectivity index (χ0) is 24.2. The third-order valence-electron chi connectivity index (χ3n) is 5.25. The highest BCUT2D eigenvalue weighted by Crippen LogP contribution is 2.30. The van der Waals surface area contributed by atoms with Gasteiger partial charge in [-0.1, -0.05) is 29.8 Å². The number of nitrogens with one attached hydrogen (secondary N) is 1. The van der Waals surface area contributed by atoms with Gasteiger partial charge >= 0.3 is 6.03 Å². The number of imide groups is 2. The van der Waals surface area contributed by atoms with Gasteiger partial charge in [0.05, 0.1) is 12.8 Å². The standard InChI is InChI=1S/C26H22N2O6/c1-16-3-5-17(6-4-16)15-34-23-14-21(33-2)12-7-18(23)13-22-24(30)27-26(32)28(25(22)31)19-8-10-20(29)11-9-19/h3-14,29H,15H2,1-2H3,(H,27,30,32)/b22-13+. The minimum atomic E-state index is -0.872. The van der Waals surface area contributed by atoms with E-state index >= 15 is 0 Å². The van der Waals surface area contributed by atoms with Crippen molar-refractivity contribution in [2.24, 2.45) is 0 Å². The van der Waals surface area contributed by atoms with E-state index < -0.39 is 17.8 Å². The molecule has 0 aliphatic carbocycles. The lowest BCUT2D eigenvalue weighted by molar-refractivity contribution is -0.122. The lowest BCUT2D eigenvalue weighted by Gasteiger charge is -2.26. The fourth-order valence-electron chi connectivity index (χ4n) is 3.38. The molecule has 3 aromatic carbocycles. The monoisotopic (exact) mass is 458 g/mol. The molecule has 1 aliphatic rings. The van der Waals surface area contributed by atoms with Gasteiger partial charge in [-0.2, -0.15) is 0 Å². The van der Waals surface area contributed by atoms with Crippen LogP contribution in [0.25, 0.3) is 6.08 Å². The molecule has 0 radical (unpaired) electrons. The summed E-state index contributed by atoms with van der Waals surface area (Å²) >= 11 is 0. The maximum Gasteiger partial charge on any atom is 0.335 e. The van der Waals surface area contributed by atoms with Crippen LogP contribution in [0.1, 0.15) is 16.7 Å². The number of amides is 4. The normalized spacial score (nSPS) is 14.8. The van der Waals surface area contributed by atoms with E-state index in [4.69, 9.17) is 9.47 Å². The second-order valence-corrected chi connectivity index (χ2v) is 7.65. The van der Waals surface area contributed by atoms with E-state index in [1.807, 2.05) is 31.2 Å². The number of anilines is 1. The Balaban J connectivity index is 1.67. The number of urea groups is 1. The molecule has 1 saturated heterocycles. The maximum atomic E-state index is 13.1. The molecule has 3 aromatic rings. The zero-order valence-electron chi connectivity index (χ0n) is 18.6. The molecule has 1 heterocycles. The molecule has 8 heteroatoms. The number of barbiturate groups is 1. The van der Waals surface area contributed by atoms with Crippen molar-refractivity contribution in [2.45, 2.75) is 13.5 Å². The SMILES string of the molecule is COc1ccc(/C=C2\C(=O)NC(=O)N(c3ccc(O)cc3)C2=O)c(OCc2ccc(C)cc2)c1. The van der Waals surface area contributed by atoms with Crippen LogP contribution in [0.15, 0.2) is 72.3 Å². The molecule has 4 rings (SSSR count). The van der Waals surface area contributed by atoms with E-state index in [0.29, 0.717) is 17.1 Å². The van der Waals surface area contributed by atoms with Crippen molar-refractivity contribution in [3.63, 3.8) is 0 Å². The quantitative estimate of drug-likeness (QED) is 0.428. The van der Waals surface area contributed by atoms with Gasteiger partial charge in [0.15, 0.2) is 0 Å². The Kier molecular flexibility index (Phi) is 6.31. The van der Waals surface area contributed by atoms with Gasteiger partial charge in [0.2, 0.25) is 0 Å². The van der Waals surface area contributed by atoms with Crippen molar-refractivity contribution in [1.29, 1.82) is 0 Å². The van der Waals surface area contributed by atoms with E-state index in [-0.39, 0.29) is 23.6 Å². The summed E-state index contributed by atoms with van der Waals surface area (Å²) < 4.78 is 11.3. The van der Waals surface area contributed by atoms with E-state index in [2.05, 4.69) is 5.32 Å². The third-order valence-corrected chi connectivity index (χ3v) is 5.25. The first kappa shape index (κ1) is 22.6. The number of phenols is 1. The average molecular weight is 458 g/mol. The fraction of sp³-hybridized carbons (Fsp3) is 0.115. The summed E-state index contributed by atoms with van der Waals surface area (Å²) in [5, 5.41) is 11.7. The Morgan fingerprint density at radius 1 is 0.971 bits per heavy atom. The van der Waals surface area contributed by atoms with Gasteiger partial charge in [0, 0.05) is 11.6 Å². The summed E-state index contributed by atoms with van der Waals surface area (Å²) in [6.45, 7) is 2.26. The second-order valence-electron chi connectivity index (χ2n) is 7.65. The Hall–Kier alpha value is -4.59. The van der Waals surface area contributed by atoms with Crippen LogP contribution < -0.4 is 19.7 Å². The summed E-state index contributed by atoms with van der Waals surface area (Å²) in [7, 11) is 1.52. The highest BCUT2D eigenvalue weighted by molar-refractivity contribution is 6.39. The summed E-state index contributed by atoms with van der Waals surface area (Å²) in [6.07, 6.45) is 1.38. The first-order valence-corrected chi connectivity index (χ1v) is 10.4. The predicted molar refractivity (Wildman–Crippen MR) is 126 cm³/mol. The summed E-state index contributed by atoms with van der Waals surface area (Å²) in [5.74, 6) is -0.679. The second kappa shape index (κ2) is 9.50. The molecule has 0 unspecified atom stereocenters. The number of ether oxygens (including phenoxy) is 2. The number of aryl methyl sites for hydroxylation is 1. The predicted octanol–water partition coefficient (Wildman–Crippen LogP) is 3.95. The van der Waals surface area contributed by atoms with Crippen LogP contribution in [0.4, 0.5) is 10.5 Å². The first-order chi connectivity index (χ1) is 16.4. The van der Waals surface area contributed by atoms with Gasteiger partial charge < -0.3 is 14.6 Å². The van der Waals surface area contributed by atoms with Gasteiger partial charge in [-0.15, -0.1) is 0 Å². The van der Waals surface area contributed by atoms with Crippen molar-refractivity contribution in [3.8, 4) is 17.2 Å². The van der Waals surface area contributed by atoms with E-state index in [9.17, 15) is 19.5 Å². The molecule has 172 valence electrons. The Labute approximate surface area is 196 Å². The topological polar surface area (TPSA) is 105 Å². The molecule has 0 atom stereocenters. The number of aromatic hydroxyl groups is 1. The Morgan fingerprint density at radius 2 is 1.68 bits per heavy atom. The number of carbonyl (C=O) groups is 3. The summed E-state index contributed by atoms with van der Waals surface area (Å²) in [6, 6.07) is 17.5. The largest absolute Gasteiger partial charge is 0.508 e. The molecular formula is C26H22N2O6. The van der Waals surface area contributed by atoms with Gasteiger partial charge in [-0.3, -0.25) is 14.9 Å². The van der Waals surface area contributed by atoms with Crippen molar-refractivity contribution in [3.05, 3.63) is 89.0 Å². The number of hydrogen-bond donors (Lipinski definition) is 2. The highest BCUT2D eigenvalue weighted by atomic mass is 16.5. The molecule has 1 aliphatic heterocycles. The molecule has 4 amide bonds. The van der Waals surface area contributed by atoms with E-state index in [0.717, 1.165) is 16.0 Å². The van der Waals surface area contributed by atoms with E-state index in [1.165, 1.54) is 37.5 Å². The smallest absolute Gasteiger partial charge is 0.335 e. The number of benzene rings is 3. The number of methoxy groups -OCH3 is 1. The molecular weight excluding hydrogens is 436 g/mol. The minimum Gasteiger partial charge on any atom is -0.508 e. The van der Waals surface area contributed by atoms with Crippen LogP contribution in [0.5, 0.6) is 17.2 Å². The van der Waals surface area contributed by atoms with Crippen LogP contribution in [0.2, 0.25) is 0 Å². The lowest BCUT2D eigenvalue weighted by Crippen LogP contribution is -2.54. The molecule has 0 bridgehead atoms. The number of phenolic OH excluding ortho intramolecular Hbond substituents is 1. The van der Waals surface area contributed by atoms with Crippen LogP contribution in [-0.4, -0.2) is 30.1 Å². The van der Waals surface area contributed by atoms with Crippen LogP contribution in [-0.2, 0) is 16.2 Å². The zero-order valence-corrected chi connectivity index (χ0v) is 18.6. The highest BCUT2D eigenvalue weighted by Gasteiger charge is 2.37. The van der Waals surface area contributed by atoms with Gasteiger partial charge in [-0.25, -0.2) is 9.69 Å². The van der Waals surface area contributed by atoms with Gasteiger partial charge in [0.25, 0.3) is 11.8 Å². The van der Waals surface area contributed by atoms with Crippen molar-refractivity contribution < 1.29 is 29.0 Å². The average Bonchev–Trinajstić information content (AvgIpc) is 2.83. The van der Waals surface area contributed by atoms with Crippen molar-refractivity contribution >= 4 is 29.6 Å². The Bertz CT molecular complexity index is 1280. The number of hydrogen-bond acceptors (Lipinski definition) is 6. The summed E-state index contributed by atoms with van der Waals surface area (Å²) in [5.41, 5.74) is 2.52.